The van der Waals surface area contributed by atoms with Crippen molar-refractivity contribution in [3.05, 3.63) is 35.6 Å². The molecule has 5 heteroatoms. The van der Waals surface area contributed by atoms with Crippen molar-refractivity contribution in [2.24, 2.45) is 5.92 Å². The molecule has 136 valence electrons. The molecule has 0 spiro atoms. The van der Waals surface area contributed by atoms with Gasteiger partial charge in [0.25, 0.3) is 0 Å². The molecule has 2 aliphatic rings. The molecule has 2 saturated heterocycles. The summed E-state index contributed by atoms with van der Waals surface area (Å²) in [5.74, 6) is -0.260. The molecule has 2 aliphatic heterocycles. The van der Waals surface area contributed by atoms with Crippen molar-refractivity contribution in [2.45, 2.75) is 51.5 Å². The molecular formula is C20H27FN2O2. The van der Waals surface area contributed by atoms with Crippen molar-refractivity contribution in [2.75, 3.05) is 19.6 Å². The Balaban J connectivity index is 1.64. The molecule has 0 saturated carbocycles. The van der Waals surface area contributed by atoms with E-state index in [0.29, 0.717) is 24.9 Å². The summed E-state index contributed by atoms with van der Waals surface area (Å²) in [6, 6.07) is 6.53. The largest absolute Gasteiger partial charge is 0.342 e. The number of rotatable bonds is 3. The number of carbonyl (C=O) groups excluding carboxylic acids is 2. The number of halogens is 1. The quantitative estimate of drug-likeness (QED) is 0.842. The predicted octanol–water partition coefficient (Wildman–Crippen LogP) is 3.36. The van der Waals surface area contributed by atoms with Gasteiger partial charge in [-0.3, -0.25) is 9.59 Å². The number of hydrogen-bond donors (Lipinski definition) is 0. The van der Waals surface area contributed by atoms with E-state index in [9.17, 15) is 14.0 Å². The summed E-state index contributed by atoms with van der Waals surface area (Å²) in [5.41, 5.74) is 0.509. The first-order valence-electron chi connectivity index (χ1n) is 9.45. The van der Waals surface area contributed by atoms with Crippen LogP contribution in [0.3, 0.4) is 0 Å². The molecule has 4 nitrogen and oxygen atoms in total. The minimum absolute atomic E-state index is 0.0139. The number of piperidine rings is 1. The van der Waals surface area contributed by atoms with Crippen LogP contribution in [0.25, 0.3) is 0 Å². The highest BCUT2D eigenvalue weighted by molar-refractivity contribution is 5.84. The van der Waals surface area contributed by atoms with Crippen LogP contribution in [0.2, 0.25) is 0 Å². The van der Waals surface area contributed by atoms with Crippen LogP contribution >= 0.6 is 0 Å². The molecule has 1 atom stereocenters. The topological polar surface area (TPSA) is 40.6 Å². The first kappa shape index (κ1) is 17.9. The van der Waals surface area contributed by atoms with Crippen LogP contribution in [0.5, 0.6) is 0 Å². The molecular weight excluding hydrogens is 319 g/mol. The van der Waals surface area contributed by atoms with Gasteiger partial charge in [0.05, 0.1) is 5.92 Å². The zero-order valence-electron chi connectivity index (χ0n) is 14.8. The summed E-state index contributed by atoms with van der Waals surface area (Å²) in [5, 5.41) is 0. The Kier molecular flexibility index (Phi) is 6.05. The third-order valence-corrected chi connectivity index (χ3v) is 5.34. The van der Waals surface area contributed by atoms with Crippen LogP contribution in [-0.2, 0) is 16.1 Å². The van der Waals surface area contributed by atoms with E-state index in [0.717, 1.165) is 25.9 Å². The standard InChI is InChI=1S/C20H27FN2O2/c21-18-9-5-4-8-16(18)14-23-15-17(10-11-19(23)24)20(25)22-12-6-2-1-3-7-13-22/h4-5,8-9,17H,1-3,6-7,10-15H2. The molecule has 3 rings (SSSR count). The number of carbonyl (C=O) groups is 2. The van der Waals surface area contributed by atoms with E-state index in [2.05, 4.69) is 0 Å². The van der Waals surface area contributed by atoms with E-state index >= 15 is 0 Å². The average molecular weight is 346 g/mol. The zero-order chi connectivity index (χ0) is 17.6. The second kappa shape index (κ2) is 8.45. The normalized spacial score (nSPS) is 22.4. The Morgan fingerprint density at radius 1 is 1.08 bits per heavy atom. The van der Waals surface area contributed by atoms with E-state index in [1.807, 2.05) is 4.90 Å². The maximum absolute atomic E-state index is 13.9. The van der Waals surface area contributed by atoms with Gasteiger partial charge in [-0.2, -0.15) is 0 Å². The monoisotopic (exact) mass is 346 g/mol. The Morgan fingerprint density at radius 2 is 1.76 bits per heavy atom. The van der Waals surface area contributed by atoms with Gasteiger partial charge in [-0.05, 0) is 25.3 Å². The van der Waals surface area contributed by atoms with Crippen LogP contribution in [0.4, 0.5) is 4.39 Å². The number of amides is 2. The maximum Gasteiger partial charge on any atom is 0.227 e. The molecule has 0 aromatic heterocycles. The van der Waals surface area contributed by atoms with Crippen molar-refractivity contribution in [3.8, 4) is 0 Å². The lowest BCUT2D eigenvalue weighted by Gasteiger charge is -2.35. The summed E-state index contributed by atoms with van der Waals surface area (Å²) < 4.78 is 13.9. The predicted molar refractivity (Wildman–Crippen MR) is 94.2 cm³/mol. The van der Waals surface area contributed by atoms with Crippen LogP contribution in [0.15, 0.2) is 24.3 Å². The Hall–Kier alpha value is -1.91. The number of benzene rings is 1. The maximum atomic E-state index is 13.9. The lowest BCUT2D eigenvalue weighted by atomic mass is 9.94. The smallest absolute Gasteiger partial charge is 0.227 e. The summed E-state index contributed by atoms with van der Waals surface area (Å²) in [4.78, 5) is 28.8. The lowest BCUT2D eigenvalue weighted by molar-refractivity contribution is -0.143. The number of hydrogen-bond acceptors (Lipinski definition) is 2. The molecule has 2 amide bonds. The van der Waals surface area contributed by atoms with Gasteiger partial charge in [0, 0.05) is 38.2 Å². The first-order valence-corrected chi connectivity index (χ1v) is 9.45. The molecule has 1 aromatic carbocycles. The molecule has 2 heterocycles. The van der Waals surface area contributed by atoms with Gasteiger partial charge in [-0.25, -0.2) is 4.39 Å². The molecule has 0 N–H and O–H groups in total. The summed E-state index contributed by atoms with van der Waals surface area (Å²) in [6.45, 7) is 2.31. The highest BCUT2D eigenvalue weighted by Crippen LogP contribution is 2.23. The van der Waals surface area contributed by atoms with Gasteiger partial charge in [0.15, 0.2) is 0 Å². The highest BCUT2D eigenvalue weighted by Gasteiger charge is 2.33. The van der Waals surface area contributed by atoms with Crippen molar-refractivity contribution < 1.29 is 14.0 Å². The van der Waals surface area contributed by atoms with Gasteiger partial charge in [0.2, 0.25) is 11.8 Å². The Morgan fingerprint density at radius 3 is 2.48 bits per heavy atom. The van der Waals surface area contributed by atoms with E-state index < -0.39 is 0 Å². The number of likely N-dealkylation sites (tertiary alicyclic amines) is 2. The van der Waals surface area contributed by atoms with Crippen molar-refractivity contribution >= 4 is 11.8 Å². The lowest BCUT2D eigenvalue weighted by Crippen LogP contribution is -2.47. The Labute approximate surface area is 149 Å². The van der Waals surface area contributed by atoms with Crippen molar-refractivity contribution in [3.63, 3.8) is 0 Å². The molecule has 2 fully saturated rings. The average Bonchev–Trinajstić information content (AvgIpc) is 2.58. The van der Waals surface area contributed by atoms with Crippen LogP contribution in [0.1, 0.15) is 50.5 Å². The second-order valence-electron chi connectivity index (χ2n) is 7.19. The minimum atomic E-state index is -0.299. The molecule has 1 aromatic rings. The number of nitrogens with zero attached hydrogens (tertiary/aromatic N) is 2. The summed E-state index contributed by atoms with van der Waals surface area (Å²) in [6.07, 6.45) is 6.75. The fourth-order valence-corrected chi connectivity index (χ4v) is 3.83. The second-order valence-corrected chi connectivity index (χ2v) is 7.19. The Bertz CT molecular complexity index is 611. The van der Waals surface area contributed by atoms with Gasteiger partial charge < -0.3 is 9.80 Å². The van der Waals surface area contributed by atoms with Crippen molar-refractivity contribution in [1.82, 2.24) is 9.80 Å². The van der Waals surface area contributed by atoms with Gasteiger partial charge in [-0.1, -0.05) is 37.5 Å². The third kappa shape index (κ3) is 4.59. The van der Waals surface area contributed by atoms with Crippen LogP contribution in [-0.4, -0.2) is 41.2 Å². The fourth-order valence-electron chi connectivity index (χ4n) is 3.83. The molecule has 0 aliphatic carbocycles. The minimum Gasteiger partial charge on any atom is -0.342 e. The highest BCUT2D eigenvalue weighted by atomic mass is 19.1. The van der Waals surface area contributed by atoms with E-state index in [4.69, 9.17) is 0 Å². The van der Waals surface area contributed by atoms with Crippen molar-refractivity contribution in [1.29, 1.82) is 0 Å². The molecule has 1 unspecified atom stereocenters. The summed E-state index contributed by atoms with van der Waals surface area (Å²) >= 11 is 0. The van der Waals surface area contributed by atoms with E-state index in [-0.39, 0.29) is 30.1 Å². The molecule has 0 bridgehead atoms. The summed E-state index contributed by atoms with van der Waals surface area (Å²) in [7, 11) is 0. The zero-order valence-corrected chi connectivity index (χ0v) is 14.8. The third-order valence-electron chi connectivity index (χ3n) is 5.34. The SMILES string of the molecule is O=C1CCC(C(=O)N2CCCCCCC2)CN1Cc1ccccc1F. The molecule has 25 heavy (non-hydrogen) atoms. The van der Waals surface area contributed by atoms with Gasteiger partial charge in [-0.15, -0.1) is 0 Å². The first-order chi connectivity index (χ1) is 12.1. The van der Waals surface area contributed by atoms with Crippen LogP contribution < -0.4 is 0 Å². The fraction of sp³-hybridized carbons (Fsp3) is 0.600. The van der Waals surface area contributed by atoms with Gasteiger partial charge in [0.1, 0.15) is 5.82 Å². The van der Waals surface area contributed by atoms with Gasteiger partial charge >= 0.3 is 0 Å². The molecule has 0 radical (unpaired) electrons. The van der Waals surface area contributed by atoms with Crippen LogP contribution in [0, 0.1) is 11.7 Å². The van der Waals surface area contributed by atoms with E-state index in [1.54, 1.807) is 23.1 Å². The van der Waals surface area contributed by atoms with E-state index in [1.165, 1.54) is 25.3 Å².